The Morgan fingerprint density at radius 1 is 0.969 bits per heavy atom. The molecule has 3 aromatic rings. The predicted molar refractivity (Wildman–Crippen MR) is 137 cm³/mol. The lowest BCUT2D eigenvalue weighted by Crippen LogP contribution is -2.40. The molecular formula is C28H37ClN2O. The van der Waals surface area contributed by atoms with Crippen molar-refractivity contribution in [1.29, 1.82) is 0 Å². The minimum Gasteiger partial charge on any atom is -0.384 e. The Kier molecular flexibility index (Phi) is 8.32. The van der Waals surface area contributed by atoms with E-state index in [9.17, 15) is 5.11 Å². The highest BCUT2D eigenvalue weighted by molar-refractivity contribution is 6.30. The topological polar surface area (TPSA) is 36.4 Å². The van der Waals surface area contributed by atoms with Crippen molar-refractivity contribution in [3.63, 3.8) is 0 Å². The van der Waals surface area contributed by atoms with Crippen molar-refractivity contribution >= 4 is 22.5 Å². The number of pyridine rings is 1. The van der Waals surface area contributed by atoms with Crippen LogP contribution in [-0.2, 0) is 5.60 Å². The highest BCUT2D eigenvalue weighted by Crippen LogP contribution is 2.35. The second-order valence-electron chi connectivity index (χ2n) is 9.30. The van der Waals surface area contributed by atoms with Crippen molar-refractivity contribution < 1.29 is 5.11 Å². The van der Waals surface area contributed by atoms with Crippen molar-refractivity contribution in [2.45, 2.75) is 65.9 Å². The second kappa shape index (κ2) is 10.8. The number of hydrogen-bond donors (Lipinski definition) is 1. The average molecular weight is 453 g/mol. The summed E-state index contributed by atoms with van der Waals surface area (Å²) in [5.74, 6) is 0. The van der Waals surface area contributed by atoms with Gasteiger partial charge in [-0.1, -0.05) is 62.1 Å². The van der Waals surface area contributed by atoms with Crippen LogP contribution in [0, 0.1) is 13.8 Å². The van der Waals surface area contributed by atoms with Crippen LogP contribution in [0.5, 0.6) is 0 Å². The highest BCUT2D eigenvalue weighted by Gasteiger charge is 2.29. The van der Waals surface area contributed by atoms with Gasteiger partial charge in [0.15, 0.2) is 0 Å². The Balaban J connectivity index is 2.12. The SMILES string of the molecule is CCCCN(CCCC)C[C@](C)(O)c1cc(-c2ccc(Cl)cc2)nc2c(C)cc(C)cc12. The molecule has 0 spiro atoms. The van der Waals surface area contributed by atoms with E-state index in [2.05, 4.69) is 50.8 Å². The molecule has 0 saturated carbocycles. The van der Waals surface area contributed by atoms with Crippen LogP contribution in [0.4, 0.5) is 0 Å². The van der Waals surface area contributed by atoms with Gasteiger partial charge in [0, 0.05) is 22.5 Å². The lowest BCUT2D eigenvalue weighted by atomic mass is 9.89. The van der Waals surface area contributed by atoms with Crippen LogP contribution in [0.25, 0.3) is 22.2 Å². The van der Waals surface area contributed by atoms with Crippen LogP contribution in [0.1, 0.15) is 63.1 Å². The molecule has 0 bridgehead atoms. The van der Waals surface area contributed by atoms with Crippen molar-refractivity contribution in [2.75, 3.05) is 19.6 Å². The fourth-order valence-electron chi connectivity index (χ4n) is 4.45. The van der Waals surface area contributed by atoms with Crippen molar-refractivity contribution in [3.8, 4) is 11.3 Å². The Labute approximate surface area is 198 Å². The lowest BCUT2D eigenvalue weighted by molar-refractivity contribution is 0.0162. The molecule has 172 valence electrons. The summed E-state index contributed by atoms with van der Waals surface area (Å²) < 4.78 is 0. The van der Waals surface area contributed by atoms with E-state index in [0.717, 1.165) is 72.1 Å². The van der Waals surface area contributed by atoms with Gasteiger partial charge in [-0.25, -0.2) is 4.98 Å². The van der Waals surface area contributed by atoms with Gasteiger partial charge >= 0.3 is 0 Å². The molecule has 0 amide bonds. The van der Waals surface area contributed by atoms with Crippen molar-refractivity contribution in [3.05, 3.63) is 64.2 Å². The normalized spacial score (nSPS) is 13.6. The van der Waals surface area contributed by atoms with Gasteiger partial charge < -0.3 is 10.0 Å². The van der Waals surface area contributed by atoms with Gasteiger partial charge in [-0.15, -0.1) is 0 Å². The molecule has 1 N–H and O–H groups in total. The minimum absolute atomic E-state index is 0.610. The molecule has 0 aliphatic heterocycles. The largest absolute Gasteiger partial charge is 0.384 e. The number of rotatable bonds is 10. The number of hydrogen-bond acceptors (Lipinski definition) is 3. The van der Waals surface area contributed by atoms with E-state index >= 15 is 0 Å². The Bertz CT molecular complexity index is 1040. The minimum atomic E-state index is -0.996. The lowest BCUT2D eigenvalue weighted by Gasteiger charge is -2.33. The van der Waals surface area contributed by atoms with E-state index in [1.165, 1.54) is 5.56 Å². The quantitative estimate of drug-likeness (QED) is 0.351. The van der Waals surface area contributed by atoms with E-state index in [-0.39, 0.29) is 0 Å². The third kappa shape index (κ3) is 5.89. The van der Waals surface area contributed by atoms with Crippen LogP contribution in [0.2, 0.25) is 5.02 Å². The molecule has 0 aliphatic rings. The number of aliphatic hydroxyl groups is 1. The molecule has 3 rings (SSSR count). The third-order valence-electron chi connectivity index (χ3n) is 6.16. The zero-order valence-corrected chi connectivity index (χ0v) is 21.0. The molecule has 32 heavy (non-hydrogen) atoms. The Morgan fingerprint density at radius 2 is 1.59 bits per heavy atom. The number of halogens is 1. The van der Waals surface area contributed by atoms with Gasteiger partial charge in [0.2, 0.25) is 0 Å². The van der Waals surface area contributed by atoms with Crippen molar-refractivity contribution in [1.82, 2.24) is 9.88 Å². The Morgan fingerprint density at radius 3 is 2.19 bits per heavy atom. The van der Waals surface area contributed by atoms with E-state index in [4.69, 9.17) is 16.6 Å². The highest BCUT2D eigenvalue weighted by atomic mass is 35.5. The van der Waals surface area contributed by atoms with E-state index in [1.54, 1.807) is 0 Å². The summed E-state index contributed by atoms with van der Waals surface area (Å²) in [6, 6.07) is 14.2. The maximum Gasteiger partial charge on any atom is 0.100 e. The summed E-state index contributed by atoms with van der Waals surface area (Å²) >= 11 is 6.12. The number of nitrogens with zero attached hydrogens (tertiary/aromatic N) is 2. The zero-order valence-electron chi connectivity index (χ0n) is 20.2. The maximum atomic E-state index is 11.9. The van der Waals surface area contributed by atoms with Crippen LogP contribution in [-0.4, -0.2) is 34.6 Å². The van der Waals surface area contributed by atoms with Crippen LogP contribution in [0.15, 0.2) is 42.5 Å². The number of aromatic nitrogens is 1. The van der Waals surface area contributed by atoms with Crippen LogP contribution >= 0.6 is 11.6 Å². The summed E-state index contributed by atoms with van der Waals surface area (Å²) in [6.07, 6.45) is 4.60. The molecule has 0 saturated heterocycles. The first kappa shape index (κ1) is 24.7. The molecule has 3 nitrogen and oxygen atoms in total. The fraction of sp³-hybridized carbons (Fsp3) is 0.464. The van der Waals surface area contributed by atoms with Gasteiger partial charge in [-0.2, -0.15) is 0 Å². The third-order valence-corrected chi connectivity index (χ3v) is 6.41. The second-order valence-corrected chi connectivity index (χ2v) is 9.73. The molecule has 4 heteroatoms. The predicted octanol–water partition coefficient (Wildman–Crippen LogP) is 7.28. The van der Waals surface area contributed by atoms with Gasteiger partial charge in [0.05, 0.1) is 11.2 Å². The van der Waals surface area contributed by atoms with Crippen LogP contribution < -0.4 is 0 Å². The molecule has 0 radical (unpaired) electrons. The van der Waals surface area contributed by atoms with E-state index in [0.29, 0.717) is 11.6 Å². The molecule has 1 atom stereocenters. The van der Waals surface area contributed by atoms with Crippen molar-refractivity contribution in [2.24, 2.45) is 0 Å². The smallest absolute Gasteiger partial charge is 0.100 e. The first-order chi connectivity index (χ1) is 15.2. The van der Waals surface area contributed by atoms with Gasteiger partial charge in [-0.05, 0) is 82.1 Å². The summed E-state index contributed by atoms with van der Waals surface area (Å²) in [7, 11) is 0. The first-order valence-corrected chi connectivity index (χ1v) is 12.3. The summed E-state index contributed by atoms with van der Waals surface area (Å²) in [4.78, 5) is 7.42. The first-order valence-electron chi connectivity index (χ1n) is 11.9. The van der Waals surface area contributed by atoms with Gasteiger partial charge in [-0.3, -0.25) is 0 Å². The number of benzene rings is 2. The molecule has 0 aliphatic carbocycles. The molecule has 1 heterocycles. The molecule has 0 fully saturated rings. The number of unbranched alkanes of at least 4 members (excludes halogenated alkanes) is 2. The summed E-state index contributed by atoms with van der Waals surface area (Å²) in [6.45, 7) is 13.2. The van der Waals surface area contributed by atoms with Crippen LogP contribution in [0.3, 0.4) is 0 Å². The summed E-state index contributed by atoms with van der Waals surface area (Å²) in [5, 5.41) is 13.6. The van der Waals surface area contributed by atoms with Gasteiger partial charge in [0.25, 0.3) is 0 Å². The summed E-state index contributed by atoms with van der Waals surface area (Å²) in [5.41, 5.74) is 5.07. The molecular weight excluding hydrogens is 416 g/mol. The standard InChI is InChI=1S/C28H37ClN2O/c1-6-8-14-31(15-9-7-2)19-28(5,32)25-18-26(22-10-12-23(29)13-11-22)30-27-21(4)16-20(3)17-24(25)27/h10-13,16-18,32H,6-9,14-15,19H2,1-5H3/t28-/m0/s1. The van der Waals surface area contributed by atoms with Gasteiger partial charge in [0.1, 0.15) is 5.60 Å². The molecule has 2 aromatic carbocycles. The number of aryl methyl sites for hydroxylation is 2. The van der Waals surface area contributed by atoms with E-state index < -0.39 is 5.60 Å². The average Bonchev–Trinajstić information content (AvgIpc) is 2.75. The maximum absolute atomic E-state index is 11.9. The fourth-order valence-corrected chi connectivity index (χ4v) is 4.57. The molecule has 1 aromatic heterocycles. The Hall–Kier alpha value is -1.94. The van der Waals surface area contributed by atoms with E-state index in [1.807, 2.05) is 31.2 Å². The monoisotopic (exact) mass is 452 g/mol. The molecule has 0 unspecified atom stereocenters. The zero-order chi connectivity index (χ0) is 23.3. The number of fused-ring (bicyclic) bond motifs is 1.